The Kier molecular flexibility index (Phi) is 3.41. The van der Waals surface area contributed by atoms with Crippen LogP contribution in [-0.2, 0) is 0 Å². The number of hydrogen-bond donors (Lipinski definition) is 0. The summed E-state index contributed by atoms with van der Waals surface area (Å²) in [6.45, 7) is 7.26. The molecular weight excluding hydrogens is 182 g/mol. The fraction of sp³-hybridized carbons (Fsp3) is 0.889. The average molecular weight is 201 g/mol. The van der Waals surface area contributed by atoms with Crippen LogP contribution in [0.5, 0.6) is 0 Å². The third-order valence-corrected chi connectivity index (χ3v) is 6.53. The summed E-state index contributed by atoms with van der Waals surface area (Å²) in [4.78, 5) is 4.37. The molecule has 3 heteroatoms. The van der Waals surface area contributed by atoms with Gasteiger partial charge >= 0.3 is 0 Å². The maximum Gasteiger partial charge on any atom is 0.109 e. The minimum absolute atomic E-state index is 0.765. The fourth-order valence-electron chi connectivity index (χ4n) is 1.61. The first-order chi connectivity index (χ1) is 5.53. The van der Waals surface area contributed by atoms with Gasteiger partial charge in [-0.25, -0.2) is 0 Å². The summed E-state index contributed by atoms with van der Waals surface area (Å²) in [5.41, 5.74) is 1.46. The Morgan fingerprint density at radius 1 is 1.42 bits per heavy atom. The maximum absolute atomic E-state index is 4.37. The maximum atomic E-state index is 4.37. The predicted octanol–water partition coefficient (Wildman–Crippen LogP) is 3.18. The molecule has 1 rings (SSSR count). The second kappa shape index (κ2) is 3.96. The molecule has 1 atom stereocenters. The molecule has 0 radical (unpaired) electrons. The second-order valence-corrected chi connectivity index (χ2v) is 13.7. The first-order valence-electron chi connectivity index (χ1n) is 4.66. The molecule has 0 spiro atoms. The van der Waals surface area contributed by atoms with Gasteiger partial charge in [0.1, 0.15) is 7.22 Å². The number of aliphatic imine (C=N–C) groups is 1. The first-order valence-corrected chi connectivity index (χ1v) is 9.77. The highest BCUT2D eigenvalue weighted by molar-refractivity contribution is 8.29. The number of hydrogen-bond acceptors (Lipinski definition) is 2. The minimum Gasteiger partial charge on any atom is -0.296 e. The molecule has 12 heavy (non-hydrogen) atoms. The highest BCUT2D eigenvalue weighted by atomic mass is 32.4. The van der Waals surface area contributed by atoms with Gasteiger partial charge in [-0.05, 0) is 19.3 Å². The van der Waals surface area contributed by atoms with E-state index < -0.39 is 7.22 Å². The van der Waals surface area contributed by atoms with Gasteiger partial charge < -0.3 is 0 Å². The quantitative estimate of drug-likeness (QED) is 0.625. The molecule has 0 saturated heterocycles. The van der Waals surface area contributed by atoms with Gasteiger partial charge in [0.25, 0.3) is 0 Å². The van der Waals surface area contributed by atoms with Gasteiger partial charge in [0.15, 0.2) is 0 Å². The van der Waals surface area contributed by atoms with E-state index in [-0.39, 0.29) is 0 Å². The van der Waals surface area contributed by atoms with E-state index in [0.29, 0.717) is 0 Å². The van der Waals surface area contributed by atoms with Crippen molar-refractivity contribution in [1.82, 2.24) is 0 Å². The third-order valence-electron chi connectivity index (χ3n) is 2.05. The van der Waals surface area contributed by atoms with Crippen LogP contribution in [0.3, 0.4) is 0 Å². The third kappa shape index (κ3) is 2.94. The molecule has 0 aromatic carbocycles. The van der Waals surface area contributed by atoms with Crippen molar-refractivity contribution >= 4 is 24.1 Å². The van der Waals surface area contributed by atoms with E-state index in [0.717, 1.165) is 5.25 Å². The van der Waals surface area contributed by atoms with Crippen LogP contribution in [0, 0.1) is 0 Å². The lowest BCUT2D eigenvalue weighted by Crippen LogP contribution is -2.22. The van der Waals surface area contributed by atoms with Gasteiger partial charge in [-0.15, -0.1) is 0 Å². The molecule has 1 fully saturated rings. The average Bonchev–Trinajstić information content (AvgIpc) is 2.31. The van der Waals surface area contributed by atoms with E-state index in [2.05, 4.69) is 35.8 Å². The summed E-state index contributed by atoms with van der Waals surface area (Å²) in [7, 11) is 0.998. The van der Waals surface area contributed by atoms with E-state index in [1.807, 2.05) is 7.05 Å². The van der Waals surface area contributed by atoms with Crippen molar-refractivity contribution in [2.75, 3.05) is 7.05 Å². The Balaban J connectivity index is 2.52. The summed E-state index contributed by atoms with van der Waals surface area (Å²) in [5, 5.41) is 0.765. The molecule has 1 saturated carbocycles. The zero-order valence-corrected chi connectivity index (χ0v) is 10.4. The highest BCUT2D eigenvalue weighted by Crippen LogP contribution is 2.33. The predicted molar refractivity (Wildman–Crippen MR) is 61.9 cm³/mol. The molecule has 1 unspecified atom stereocenters. The van der Waals surface area contributed by atoms with Gasteiger partial charge in [0.2, 0.25) is 0 Å². The number of rotatable bonds is 2. The second-order valence-electron chi connectivity index (χ2n) is 4.33. The van der Waals surface area contributed by atoms with Crippen LogP contribution < -0.4 is 0 Å². The fourth-order valence-corrected chi connectivity index (χ4v) is 6.43. The molecule has 1 aliphatic carbocycles. The zero-order chi connectivity index (χ0) is 9.19. The lowest BCUT2D eigenvalue weighted by atomic mass is 10.3. The van der Waals surface area contributed by atoms with Crippen molar-refractivity contribution < 1.29 is 0 Å². The Morgan fingerprint density at radius 3 is 2.58 bits per heavy atom. The zero-order valence-electron chi connectivity index (χ0n) is 8.55. The largest absolute Gasteiger partial charge is 0.296 e. The van der Waals surface area contributed by atoms with Crippen LogP contribution in [0.1, 0.15) is 19.3 Å². The van der Waals surface area contributed by atoms with Gasteiger partial charge in [-0.2, -0.15) is 11.2 Å². The normalized spacial score (nSPS) is 28.3. The lowest BCUT2D eigenvalue weighted by molar-refractivity contribution is 0.895. The number of nitrogens with zero attached hydrogens (tertiary/aromatic N) is 1. The molecule has 1 nitrogen and oxygen atoms in total. The monoisotopic (exact) mass is 201 g/mol. The van der Waals surface area contributed by atoms with Gasteiger partial charge in [-0.1, -0.05) is 19.6 Å². The topological polar surface area (TPSA) is 12.4 Å². The molecule has 1 aliphatic rings. The van der Waals surface area contributed by atoms with E-state index in [1.165, 1.54) is 25.0 Å². The van der Waals surface area contributed by atoms with Crippen molar-refractivity contribution in [2.24, 2.45) is 4.99 Å². The van der Waals surface area contributed by atoms with Crippen molar-refractivity contribution in [3.63, 3.8) is 0 Å². The standard InChI is InChI=1S/C9H19NSSi/c1-10-8-6-5-7-9(8)11-12(2,3)4/h9H,5-7H2,1-4H3. The van der Waals surface area contributed by atoms with Crippen LogP contribution >= 0.6 is 11.2 Å². The van der Waals surface area contributed by atoms with Gasteiger partial charge in [0.05, 0.1) is 0 Å². The molecular formula is C9H19NSSi. The molecule has 0 amide bonds. The lowest BCUT2D eigenvalue weighted by Gasteiger charge is -2.20. The summed E-state index contributed by atoms with van der Waals surface area (Å²) < 4.78 is 0. The van der Waals surface area contributed by atoms with Gasteiger partial charge in [0, 0.05) is 18.0 Å². The van der Waals surface area contributed by atoms with Crippen molar-refractivity contribution in [3.8, 4) is 0 Å². The summed E-state index contributed by atoms with van der Waals surface area (Å²) in [5.74, 6) is 0. The Bertz CT molecular complexity index is 183. The molecule has 0 aromatic heterocycles. The van der Waals surface area contributed by atoms with Crippen molar-refractivity contribution in [3.05, 3.63) is 0 Å². The smallest absolute Gasteiger partial charge is 0.109 e. The Labute approximate surface area is 80.7 Å². The summed E-state index contributed by atoms with van der Waals surface area (Å²) >= 11 is 2.21. The van der Waals surface area contributed by atoms with E-state index in [9.17, 15) is 0 Å². The molecule has 0 heterocycles. The van der Waals surface area contributed by atoms with Crippen LogP contribution in [-0.4, -0.2) is 25.2 Å². The minimum atomic E-state index is -0.944. The molecule has 0 bridgehead atoms. The van der Waals surface area contributed by atoms with Crippen LogP contribution in [0.25, 0.3) is 0 Å². The van der Waals surface area contributed by atoms with E-state index in [4.69, 9.17) is 0 Å². The highest BCUT2D eigenvalue weighted by Gasteiger charge is 2.27. The summed E-state index contributed by atoms with van der Waals surface area (Å²) in [6, 6.07) is 0. The summed E-state index contributed by atoms with van der Waals surface area (Å²) in [6.07, 6.45) is 3.97. The van der Waals surface area contributed by atoms with E-state index >= 15 is 0 Å². The first kappa shape index (κ1) is 10.3. The van der Waals surface area contributed by atoms with Crippen molar-refractivity contribution in [2.45, 2.75) is 44.2 Å². The molecule has 0 aliphatic heterocycles. The van der Waals surface area contributed by atoms with Crippen LogP contribution in [0.2, 0.25) is 19.6 Å². The van der Waals surface area contributed by atoms with Gasteiger partial charge in [-0.3, -0.25) is 4.99 Å². The molecule has 70 valence electrons. The van der Waals surface area contributed by atoms with Crippen LogP contribution in [0.15, 0.2) is 4.99 Å². The van der Waals surface area contributed by atoms with Crippen molar-refractivity contribution in [1.29, 1.82) is 0 Å². The molecule has 0 aromatic rings. The SMILES string of the molecule is CN=C1CCCC1S[Si](C)(C)C. The Hall–Kier alpha value is 0.237. The Morgan fingerprint density at radius 2 is 2.08 bits per heavy atom. The van der Waals surface area contributed by atoms with E-state index in [1.54, 1.807) is 0 Å². The molecule has 0 N–H and O–H groups in total. The van der Waals surface area contributed by atoms with Crippen LogP contribution in [0.4, 0.5) is 0 Å².